The number of ether oxygens (including phenoxy) is 3. The van der Waals surface area contributed by atoms with E-state index in [2.05, 4.69) is 15.6 Å². The number of nitrogens with zero attached hydrogens (tertiary/aromatic N) is 2. The lowest BCUT2D eigenvalue weighted by atomic mass is 10.1. The van der Waals surface area contributed by atoms with Gasteiger partial charge < -0.3 is 29.7 Å². The van der Waals surface area contributed by atoms with E-state index in [4.69, 9.17) is 25.8 Å². The van der Waals surface area contributed by atoms with Crippen LogP contribution in [0.15, 0.2) is 42.6 Å². The van der Waals surface area contributed by atoms with Crippen molar-refractivity contribution < 1.29 is 19.0 Å². The Morgan fingerprint density at radius 1 is 1.12 bits per heavy atom. The molecular formula is C24H29ClN4O4. The Hall–Kier alpha value is -3.23. The van der Waals surface area contributed by atoms with Crippen molar-refractivity contribution in [3.63, 3.8) is 0 Å². The molecule has 2 N–H and O–H groups in total. The van der Waals surface area contributed by atoms with Crippen LogP contribution in [0, 0.1) is 0 Å². The molecule has 0 bridgehead atoms. The predicted molar refractivity (Wildman–Crippen MR) is 131 cm³/mol. The lowest BCUT2D eigenvalue weighted by Gasteiger charge is -2.15. The Balaban J connectivity index is 1.81. The quantitative estimate of drug-likeness (QED) is 0.424. The number of pyridine rings is 1. The van der Waals surface area contributed by atoms with Crippen molar-refractivity contribution in [2.24, 2.45) is 0 Å². The zero-order valence-electron chi connectivity index (χ0n) is 19.3. The molecule has 0 radical (unpaired) electrons. The minimum absolute atomic E-state index is 0.303. The van der Waals surface area contributed by atoms with Crippen molar-refractivity contribution in [3.05, 3.63) is 47.6 Å². The standard InChI is InChI=1S/C24H29ClN4O4/c1-5-9-27-24(30)28-19-7-6-16(13-18(19)25)33-21-8-10-26-20-15-23(32-12-11-29(2)3)22(31-4)14-17(20)21/h6-8,10,13-15H,5,9,11-12H2,1-4H3,(H2,27,28,30). The minimum Gasteiger partial charge on any atom is -0.493 e. The molecule has 0 unspecified atom stereocenters. The molecule has 0 spiro atoms. The average Bonchev–Trinajstić information content (AvgIpc) is 2.79. The summed E-state index contributed by atoms with van der Waals surface area (Å²) < 4.78 is 17.5. The Morgan fingerprint density at radius 3 is 2.64 bits per heavy atom. The number of likely N-dealkylation sites (N-methyl/N-ethyl adjacent to an activating group) is 1. The van der Waals surface area contributed by atoms with Crippen LogP contribution >= 0.6 is 11.6 Å². The van der Waals surface area contributed by atoms with E-state index in [0.29, 0.717) is 52.4 Å². The van der Waals surface area contributed by atoms with Crippen LogP contribution in [0.4, 0.5) is 10.5 Å². The molecule has 2 aromatic carbocycles. The number of halogens is 1. The third-order valence-electron chi connectivity index (χ3n) is 4.74. The fraction of sp³-hybridized carbons (Fsp3) is 0.333. The van der Waals surface area contributed by atoms with Gasteiger partial charge in [-0.05, 0) is 44.8 Å². The normalized spacial score (nSPS) is 10.8. The van der Waals surface area contributed by atoms with E-state index in [9.17, 15) is 4.79 Å². The summed E-state index contributed by atoms with van der Waals surface area (Å²) in [5, 5.41) is 6.61. The number of amides is 2. The van der Waals surface area contributed by atoms with E-state index in [0.717, 1.165) is 18.4 Å². The van der Waals surface area contributed by atoms with Crippen molar-refractivity contribution in [2.45, 2.75) is 13.3 Å². The Kier molecular flexibility index (Phi) is 8.57. The first-order chi connectivity index (χ1) is 15.9. The van der Waals surface area contributed by atoms with E-state index in [-0.39, 0.29) is 6.03 Å². The largest absolute Gasteiger partial charge is 0.493 e. The van der Waals surface area contributed by atoms with Crippen molar-refractivity contribution >= 4 is 34.2 Å². The molecule has 1 heterocycles. The van der Waals surface area contributed by atoms with Crippen molar-refractivity contribution in [3.8, 4) is 23.0 Å². The monoisotopic (exact) mass is 472 g/mol. The van der Waals surface area contributed by atoms with Gasteiger partial charge >= 0.3 is 6.03 Å². The van der Waals surface area contributed by atoms with Gasteiger partial charge in [-0.15, -0.1) is 0 Å². The molecule has 3 aromatic rings. The van der Waals surface area contributed by atoms with Crippen LogP contribution in [-0.2, 0) is 0 Å². The first-order valence-corrected chi connectivity index (χ1v) is 11.1. The smallest absolute Gasteiger partial charge is 0.319 e. The number of hydrogen-bond acceptors (Lipinski definition) is 6. The third kappa shape index (κ3) is 6.63. The summed E-state index contributed by atoms with van der Waals surface area (Å²) in [6.07, 6.45) is 2.52. The van der Waals surface area contributed by atoms with Gasteiger partial charge in [0.05, 0.1) is 23.3 Å². The Morgan fingerprint density at radius 2 is 1.94 bits per heavy atom. The van der Waals surface area contributed by atoms with Crippen LogP contribution in [-0.4, -0.2) is 56.8 Å². The molecule has 9 heteroatoms. The third-order valence-corrected chi connectivity index (χ3v) is 5.05. The first kappa shape index (κ1) is 24.4. The minimum atomic E-state index is -0.303. The van der Waals surface area contributed by atoms with Gasteiger partial charge in [0.1, 0.15) is 18.1 Å². The molecule has 33 heavy (non-hydrogen) atoms. The summed E-state index contributed by atoms with van der Waals surface area (Å²) in [5.74, 6) is 2.33. The second-order valence-corrected chi connectivity index (χ2v) is 8.01. The maximum atomic E-state index is 11.9. The number of hydrogen-bond donors (Lipinski definition) is 2. The molecule has 0 saturated heterocycles. The first-order valence-electron chi connectivity index (χ1n) is 10.7. The van der Waals surface area contributed by atoms with Crippen LogP contribution in [0.5, 0.6) is 23.0 Å². The molecule has 3 rings (SSSR count). The number of urea groups is 1. The van der Waals surface area contributed by atoms with Gasteiger partial charge in [-0.1, -0.05) is 18.5 Å². The molecule has 0 saturated carbocycles. The topological polar surface area (TPSA) is 85.0 Å². The molecule has 0 fully saturated rings. The molecule has 0 aliphatic heterocycles. The van der Waals surface area contributed by atoms with Crippen LogP contribution in [0.1, 0.15) is 13.3 Å². The fourth-order valence-electron chi connectivity index (χ4n) is 3.02. The van der Waals surface area contributed by atoms with Gasteiger partial charge in [-0.25, -0.2) is 4.79 Å². The number of anilines is 1. The number of methoxy groups -OCH3 is 1. The maximum Gasteiger partial charge on any atom is 0.319 e. The maximum absolute atomic E-state index is 11.9. The van der Waals surface area contributed by atoms with Crippen LogP contribution in [0.3, 0.4) is 0 Å². The molecule has 0 aliphatic rings. The van der Waals surface area contributed by atoms with Crippen molar-refractivity contribution in [1.29, 1.82) is 0 Å². The highest BCUT2D eigenvalue weighted by molar-refractivity contribution is 6.33. The summed E-state index contributed by atoms with van der Waals surface area (Å²) in [5.41, 5.74) is 1.21. The van der Waals surface area contributed by atoms with E-state index >= 15 is 0 Å². The number of carbonyl (C=O) groups is 1. The molecule has 8 nitrogen and oxygen atoms in total. The van der Waals surface area contributed by atoms with Gasteiger partial charge in [0.2, 0.25) is 0 Å². The lowest BCUT2D eigenvalue weighted by molar-refractivity contribution is 0.251. The number of fused-ring (bicyclic) bond motifs is 1. The van der Waals surface area contributed by atoms with Crippen LogP contribution < -0.4 is 24.8 Å². The SMILES string of the molecule is CCCNC(=O)Nc1ccc(Oc2ccnc3cc(OCCN(C)C)c(OC)cc23)cc1Cl. The highest BCUT2D eigenvalue weighted by Gasteiger charge is 2.13. The van der Waals surface area contributed by atoms with Crippen LogP contribution in [0.2, 0.25) is 5.02 Å². The molecule has 176 valence electrons. The number of nitrogens with one attached hydrogen (secondary N) is 2. The number of benzene rings is 2. The van der Waals surface area contributed by atoms with Gasteiger partial charge in [0.25, 0.3) is 0 Å². The molecular weight excluding hydrogens is 444 g/mol. The van der Waals surface area contributed by atoms with E-state index in [1.807, 2.05) is 38.1 Å². The predicted octanol–water partition coefficient (Wildman–Crippen LogP) is 5.16. The highest BCUT2D eigenvalue weighted by atomic mass is 35.5. The van der Waals surface area contributed by atoms with Crippen LogP contribution in [0.25, 0.3) is 10.9 Å². The number of aromatic nitrogens is 1. The summed E-state index contributed by atoms with van der Waals surface area (Å²) in [6.45, 7) is 3.88. The van der Waals surface area contributed by atoms with E-state index in [1.165, 1.54) is 0 Å². The molecule has 1 aromatic heterocycles. The average molecular weight is 473 g/mol. The zero-order valence-corrected chi connectivity index (χ0v) is 20.0. The summed E-state index contributed by atoms with van der Waals surface area (Å²) in [6, 6.07) is 10.2. The Bertz CT molecular complexity index is 1110. The van der Waals surface area contributed by atoms with Crippen molar-refractivity contribution in [1.82, 2.24) is 15.2 Å². The zero-order chi connectivity index (χ0) is 23.8. The van der Waals surface area contributed by atoms with E-state index < -0.39 is 0 Å². The van der Waals surface area contributed by atoms with Gasteiger partial charge in [0.15, 0.2) is 11.5 Å². The molecule has 0 atom stereocenters. The second-order valence-electron chi connectivity index (χ2n) is 7.61. The molecule has 0 aliphatic carbocycles. The van der Waals surface area contributed by atoms with Gasteiger partial charge in [-0.2, -0.15) is 0 Å². The molecule has 2 amide bonds. The van der Waals surface area contributed by atoms with Gasteiger partial charge in [-0.3, -0.25) is 4.98 Å². The number of rotatable bonds is 10. The summed E-state index contributed by atoms with van der Waals surface area (Å²) in [4.78, 5) is 18.4. The Labute approximate surface area is 198 Å². The van der Waals surface area contributed by atoms with E-state index in [1.54, 1.807) is 37.6 Å². The second kappa shape index (κ2) is 11.6. The number of carbonyl (C=O) groups excluding carboxylic acids is 1. The van der Waals surface area contributed by atoms with Gasteiger partial charge in [0, 0.05) is 36.8 Å². The summed E-state index contributed by atoms with van der Waals surface area (Å²) >= 11 is 6.36. The fourth-order valence-corrected chi connectivity index (χ4v) is 3.24. The highest BCUT2D eigenvalue weighted by Crippen LogP contribution is 2.38. The van der Waals surface area contributed by atoms with Crippen molar-refractivity contribution in [2.75, 3.05) is 46.2 Å². The summed E-state index contributed by atoms with van der Waals surface area (Å²) in [7, 11) is 5.57. The lowest BCUT2D eigenvalue weighted by Crippen LogP contribution is -2.29.